The minimum absolute atomic E-state index is 0.175. The monoisotopic (exact) mass is 411 g/mol. The fraction of sp³-hybridized carbons (Fsp3) is 0.682. The Morgan fingerprint density at radius 3 is 2.14 bits per heavy atom. The lowest BCUT2D eigenvalue weighted by Gasteiger charge is -2.27. The van der Waals surface area contributed by atoms with Gasteiger partial charge in [-0.3, -0.25) is 4.79 Å². The number of hydrogen-bond donors (Lipinski definition) is 0. The molecule has 0 fully saturated rings. The Labute approximate surface area is 171 Å². The van der Waals surface area contributed by atoms with Crippen LogP contribution >= 0.6 is 0 Å². The highest BCUT2D eigenvalue weighted by Crippen LogP contribution is 2.27. The van der Waals surface area contributed by atoms with Crippen LogP contribution in [0.2, 0.25) is 0 Å². The molecule has 0 N–H and O–H groups in total. The molecule has 28 heavy (non-hydrogen) atoms. The molecular formula is C22H37NO4S. The molecule has 0 aliphatic carbocycles. The second-order valence-corrected chi connectivity index (χ2v) is 11.1. The molecule has 0 saturated heterocycles. The lowest BCUT2D eigenvalue weighted by atomic mass is 9.84. The van der Waals surface area contributed by atoms with E-state index in [1.54, 1.807) is 12.1 Å². The van der Waals surface area contributed by atoms with Crippen LogP contribution in [-0.2, 0) is 21.5 Å². The van der Waals surface area contributed by atoms with Crippen LogP contribution in [0.5, 0.6) is 5.75 Å². The summed E-state index contributed by atoms with van der Waals surface area (Å²) in [4.78, 5) is 14.9. The number of nitrogens with zero attached hydrogens (tertiary/aromatic N) is 1. The molecule has 0 unspecified atom stereocenters. The SMILES string of the molecule is CC(C)CCN(Cc1ccc(OS(C)(=O)=O)cc1)C(=O)C[C@H](C)CC(C)(C)C. The molecule has 0 aromatic heterocycles. The number of carbonyl (C=O) groups excluding carboxylic acids is 1. The molecule has 0 aliphatic heterocycles. The van der Waals surface area contributed by atoms with Crippen molar-refractivity contribution in [3.05, 3.63) is 29.8 Å². The standard InChI is InChI=1S/C22H37NO4S/c1-17(2)12-13-23(21(24)14-18(3)15-22(4,5)6)16-19-8-10-20(11-9-19)27-28(7,25)26/h8-11,17-18H,12-16H2,1-7H3/t18-/m0/s1. The van der Waals surface area contributed by atoms with Gasteiger partial charge >= 0.3 is 10.1 Å². The third-order valence-electron chi connectivity index (χ3n) is 4.36. The third kappa shape index (κ3) is 10.7. The fourth-order valence-electron chi connectivity index (χ4n) is 3.30. The van der Waals surface area contributed by atoms with Crippen molar-refractivity contribution in [3.63, 3.8) is 0 Å². The Bertz CT molecular complexity index is 718. The van der Waals surface area contributed by atoms with Gasteiger partial charge in [0.15, 0.2) is 0 Å². The average molecular weight is 412 g/mol. The summed E-state index contributed by atoms with van der Waals surface area (Å²) < 4.78 is 27.3. The van der Waals surface area contributed by atoms with Crippen LogP contribution in [-0.4, -0.2) is 32.0 Å². The first-order valence-electron chi connectivity index (χ1n) is 10.0. The summed E-state index contributed by atoms with van der Waals surface area (Å²) in [5, 5.41) is 0. The lowest BCUT2D eigenvalue weighted by Crippen LogP contribution is -2.33. The van der Waals surface area contributed by atoms with Gasteiger partial charge in [0.25, 0.3) is 0 Å². The highest BCUT2D eigenvalue weighted by Gasteiger charge is 2.21. The number of rotatable bonds is 10. The molecule has 1 rings (SSSR count). The zero-order chi connectivity index (χ0) is 21.5. The Balaban J connectivity index is 2.82. The molecule has 1 aromatic rings. The van der Waals surface area contributed by atoms with Gasteiger partial charge in [0.2, 0.25) is 5.91 Å². The summed E-state index contributed by atoms with van der Waals surface area (Å²) in [5.74, 6) is 1.31. The van der Waals surface area contributed by atoms with Crippen LogP contribution in [0.3, 0.4) is 0 Å². The molecule has 1 atom stereocenters. The van der Waals surface area contributed by atoms with E-state index in [0.29, 0.717) is 24.8 Å². The van der Waals surface area contributed by atoms with E-state index in [2.05, 4.69) is 41.5 Å². The van der Waals surface area contributed by atoms with Crippen molar-refractivity contribution in [2.45, 2.75) is 67.3 Å². The highest BCUT2D eigenvalue weighted by atomic mass is 32.2. The largest absolute Gasteiger partial charge is 0.383 e. The maximum Gasteiger partial charge on any atom is 0.306 e. The van der Waals surface area contributed by atoms with Gasteiger partial charge in [0.05, 0.1) is 6.26 Å². The zero-order valence-corrected chi connectivity index (χ0v) is 19.3. The Morgan fingerprint density at radius 2 is 1.68 bits per heavy atom. The van der Waals surface area contributed by atoms with Gasteiger partial charge in [-0.1, -0.05) is 53.7 Å². The fourth-order valence-corrected chi connectivity index (χ4v) is 3.76. The van der Waals surface area contributed by atoms with Gasteiger partial charge in [-0.05, 0) is 47.8 Å². The predicted octanol–water partition coefficient (Wildman–Crippen LogP) is 4.86. The zero-order valence-electron chi connectivity index (χ0n) is 18.5. The number of carbonyl (C=O) groups is 1. The number of amides is 1. The minimum atomic E-state index is -3.54. The Hall–Kier alpha value is -1.56. The van der Waals surface area contributed by atoms with Gasteiger partial charge < -0.3 is 9.08 Å². The highest BCUT2D eigenvalue weighted by molar-refractivity contribution is 7.86. The molecule has 0 bridgehead atoms. The molecule has 1 amide bonds. The maximum absolute atomic E-state index is 12.9. The molecule has 6 heteroatoms. The maximum atomic E-state index is 12.9. The molecule has 0 saturated carbocycles. The smallest absolute Gasteiger partial charge is 0.306 e. The second kappa shape index (κ2) is 10.3. The normalized spacial score (nSPS) is 13.4. The second-order valence-electron chi connectivity index (χ2n) is 9.50. The van der Waals surface area contributed by atoms with Crippen LogP contribution in [0.4, 0.5) is 0 Å². The van der Waals surface area contributed by atoms with Gasteiger partial charge in [-0.15, -0.1) is 0 Å². The summed E-state index contributed by atoms with van der Waals surface area (Å²) in [5.41, 5.74) is 1.17. The summed E-state index contributed by atoms with van der Waals surface area (Å²) >= 11 is 0. The quantitative estimate of drug-likeness (QED) is 0.516. The van der Waals surface area contributed by atoms with Crippen molar-refractivity contribution in [3.8, 4) is 5.75 Å². The van der Waals surface area contributed by atoms with Crippen LogP contribution in [0.15, 0.2) is 24.3 Å². The van der Waals surface area contributed by atoms with E-state index in [9.17, 15) is 13.2 Å². The van der Waals surface area contributed by atoms with E-state index in [0.717, 1.165) is 31.2 Å². The molecule has 0 spiro atoms. The summed E-state index contributed by atoms with van der Waals surface area (Å²) in [6, 6.07) is 6.89. The van der Waals surface area contributed by atoms with E-state index in [-0.39, 0.29) is 17.1 Å². The van der Waals surface area contributed by atoms with Gasteiger partial charge in [0.1, 0.15) is 5.75 Å². The molecule has 0 heterocycles. The molecular weight excluding hydrogens is 374 g/mol. The molecule has 1 aromatic carbocycles. The molecule has 160 valence electrons. The topological polar surface area (TPSA) is 63.7 Å². The van der Waals surface area contributed by atoms with E-state index in [1.807, 2.05) is 17.0 Å². The minimum Gasteiger partial charge on any atom is -0.383 e. The van der Waals surface area contributed by atoms with Crippen LogP contribution in [0.1, 0.15) is 66.4 Å². The Morgan fingerprint density at radius 1 is 1.11 bits per heavy atom. The van der Waals surface area contributed by atoms with Crippen LogP contribution in [0, 0.1) is 17.3 Å². The van der Waals surface area contributed by atoms with E-state index in [1.165, 1.54) is 0 Å². The predicted molar refractivity (Wildman–Crippen MR) is 115 cm³/mol. The van der Waals surface area contributed by atoms with Crippen molar-refractivity contribution in [2.24, 2.45) is 17.3 Å². The van der Waals surface area contributed by atoms with E-state index >= 15 is 0 Å². The lowest BCUT2D eigenvalue weighted by molar-refractivity contribution is -0.133. The summed E-state index contributed by atoms with van der Waals surface area (Å²) in [7, 11) is -3.54. The van der Waals surface area contributed by atoms with Crippen molar-refractivity contribution >= 4 is 16.0 Å². The summed E-state index contributed by atoms with van der Waals surface area (Å²) in [6.07, 6.45) is 3.53. The number of hydrogen-bond acceptors (Lipinski definition) is 4. The van der Waals surface area contributed by atoms with E-state index in [4.69, 9.17) is 4.18 Å². The van der Waals surface area contributed by atoms with Crippen LogP contribution < -0.4 is 4.18 Å². The number of benzene rings is 1. The first kappa shape index (κ1) is 24.5. The van der Waals surface area contributed by atoms with Crippen molar-refractivity contribution < 1.29 is 17.4 Å². The van der Waals surface area contributed by atoms with Gasteiger partial charge in [0, 0.05) is 19.5 Å². The average Bonchev–Trinajstić information content (AvgIpc) is 2.49. The molecule has 0 radical (unpaired) electrons. The summed E-state index contributed by atoms with van der Waals surface area (Å²) in [6.45, 7) is 14.3. The molecule has 5 nitrogen and oxygen atoms in total. The van der Waals surface area contributed by atoms with Crippen LogP contribution in [0.25, 0.3) is 0 Å². The first-order chi connectivity index (χ1) is 12.7. The van der Waals surface area contributed by atoms with Gasteiger partial charge in [-0.2, -0.15) is 8.42 Å². The van der Waals surface area contributed by atoms with Gasteiger partial charge in [-0.25, -0.2) is 0 Å². The van der Waals surface area contributed by atoms with E-state index < -0.39 is 10.1 Å². The van der Waals surface area contributed by atoms with Crippen molar-refractivity contribution in [1.29, 1.82) is 0 Å². The first-order valence-corrected chi connectivity index (χ1v) is 11.8. The van der Waals surface area contributed by atoms with Crippen molar-refractivity contribution in [1.82, 2.24) is 4.90 Å². The third-order valence-corrected chi connectivity index (χ3v) is 4.85. The Kier molecular flexibility index (Phi) is 8.99. The van der Waals surface area contributed by atoms with Crippen molar-refractivity contribution in [2.75, 3.05) is 12.8 Å². The molecule has 0 aliphatic rings.